The third kappa shape index (κ3) is 4.89. The van der Waals surface area contributed by atoms with Gasteiger partial charge in [-0.2, -0.15) is 4.98 Å². The number of anilines is 1. The zero-order chi connectivity index (χ0) is 12.8. The van der Waals surface area contributed by atoms with Crippen molar-refractivity contribution in [3.63, 3.8) is 0 Å². The quantitative estimate of drug-likeness (QED) is 0.874. The highest BCUT2D eigenvalue weighted by molar-refractivity contribution is 9.10. The highest BCUT2D eigenvalue weighted by atomic mass is 79.9. The molecule has 1 aromatic rings. The summed E-state index contributed by atoms with van der Waals surface area (Å²) in [6.07, 6.45) is 2.87. The number of ether oxygens (including phenoxy) is 1. The van der Waals surface area contributed by atoms with Gasteiger partial charge >= 0.3 is 0 Å². The van der Waals surface area contributed by atoms with Gasteiger partial charge in [-0.05, 0) is 42.1 Å². The van der Waals surface area contributed by atoms with Crippen molar-refractivity contribution >= 4 is 21.9 Å². The van der Waals surface area contributed by atoms with Gasteiger partial charge in [-0.15, -0.1) is 0 Å². The molecular formula is C12H20BrN3O. The summed E-state index contributed by atoms with van der Waals surface area (Å²) < 4.78 is 6.59. The molecule has 0 spiro atoms. The third-order valence-corrected chi connectivity index (χ3v) is 2.71. The predicted octanol–water partition coefficient (Wildman–Crippen LogP) is 3.48. The number of aromatic nitrogens is 2. The van der Waals surface area contributed by atoms with E-state index in [1.54, 1.807) is 6.20 Å². The summed E-state index contributed by atoms with van der Waals surface area (Å²) in [6, 6.07) is 0. The van der Waals surface area contributed by atoms with Gasteiger partial charge in [-0.1, -0.05) is 13.8 Å². The molecule has 4 nitrogen and oxygen atoms in total. The van der Waals surface area contributed by atoms with E-state index < -0.39 is 0 Å². The zero-order valence-corrected chi connectivity index (χ0v) is 12.4. The van der Waals surface area contributed by atoms with Crippen LogP contribution in [0.15, 0.2) is 10.7 Å². The molecule has 1 heterocycles. The maximum atomic E-state index is 5.80. The Hall–Kier alpha value is -0.840. The lowest BCUT2D eigenvalue weighted by molar-refractivity contribution is 0.184. The van der Waals surface area contributed by atoms with Crippen molar-refractivity contribution < 1.29 is 4.74 Å². The molecule has 1 N–H and O–H groups in total. The Bertz CT molecular complexity index is 358. The van der Waals surface area contributed by atoms with E-state index in [4.69, 9.17) is 4.74 Å². The van der Waals surface area contributed by atoms with E-state index in [2.05, 4.69) is 52.0 Å². The Labute approximate surface area is 111 Å². The van der Waals surface area contributed by atoms with Gasteiger partial charge in [-0.3, -0.25) is 0 Å². The molecule has 0 fully saturated rings. The van der Waals surface area contributed by atoms with Crippen LogP contribution in [0.3, 0.4) is 0 Å². The fraction of sp³-hybridized carbons (Fsp3) is 0.667. The molecule has 0 saturated heterocycles. The van der Waals surface area contributed by atoms with E-state index >= 15 is 0 Å². The predicted molar refractivity (Wildman–Crippen MR) is 73.4 cm³/mol. The number of hydrogen-bond donors (Lipinski definition) is 1. The first-order valence-corrected chi connectivity index (χ1v) is 6.75. The Balaban J connectivity index is 2.71. The Morgan fingerprint density at radius 2 is 2.12 bits per heavy atom. The molecule has 0 aliphatic rings. The van der Waals surface area contributed by atoms with Crippen LogP contribution < -0.4 is 10.1 Å². The van der Waals surface area contributed by atoms with Crippen LogP contribution in [0.4, 0.5) is 5.95 Å². The second-order valence-electron chi connectivity index (χ2n) is 4.44. The molecule has 0 bridgehead atoms. The van der Waals surface area contributed by atoms with Crippen LogP contribution in [0.1, 0.15) is 34.1 Å². The molecule has 96 valence electrons. The standard InChI is InChI=1S/C12H20BrN3O/c1-5-14-12-15-7-10(13)11(16-12)17-9(4)6-8(2)3/h7-9H,5-6H2,1-4H3,(H,14,15,16). The number of hydrogen-bond acceptors (Lipinski definition) is 4. The molecule has 17 heavy (non-hydrogen) atoms. The van der Waals surface area contributed by atoms with E-state index in [1.807, 2.05) is 6.92 Å². The summed E-state index contributed by atoms with van der Waals surface area (Å²) in [7, 11) is 0. The number of halogens is 1. The van der Waals surface area contributed by atoms with Gasteiger partial charge in [0.25, 0.3) is 0 Å². The lowest BCUT2D eigenvalue weighted by atomic mass is 10.1. The summed E-state index contributed by atoms with van der Waals surface area (Å²) in [4.78, 5) is 8.47. The molecule has 1 aromatic heterocycles. The van der Waals surface area contributed by atoms with Crippen LogP contribution in [-0.4, -0.2) is 22.6 Å². The van der Waals surface area contributed by atoms with Gasteiger partial charge in [0.2, 0.25) is 11.8 Å². The van der Waals surface area contributed by atoms with Crippen molar-refractivity contribution in [2.75, 3.05) is 11.9 Å². The highest BCUT2D eigenvalue weighted by Crippen LogP contribution is 2.24. The van der Waals surface area contributed by atoms with Gasteiger partial charge in [0.05, 0.1) is 16.8 Å². The molecule has 1 atom stereocenters. The smallest absolute Gasteiger partial charge is 0.233 e. The first kappa shape index (κ1) is 14.2. The summed E-state index contributed by atoms with van der Waals surface area (Å²) in [5, 5.41) is 3.07. The van der Waals surface area contributed by atoms with Crippen molar-refractivity contribution in [2.24, 2.45) is 5.92 Å². The van der Waals surface area contributed by atoms with Gasteiger partial charge in [-0.25, -0.2) is 4.98 Å². The number of rotatable bonds is 6. The fourth-order valence-electron chi connectivity index (χ4n) is 1.58. The monoisotopic (exact) mass is 301 g/mol. The topological polar surface area (TPSA) is 47.0 Å². The van der Waals surface area contributed by atoms with E-state index in [0.29, 0.717) is 17.7 Å². The molecule has 0 saturated carbocycles. The Morgan fingerprint density at radius 1 is 1.41 bits per heavy atom. The number of nitrogens with one attached hydrogen (secondary N) is 1. The molecule has 0 aliphatic carbocycles. The van der Waals surface area contributed by atoms with E-state index in [-0.39, 0.29) is 6.10 Å². The summed E-state index contributed by atoms with van der Waals surface area (Å²) >= 11 is 3.40. The molecular weight excluding hydrogens is 282 g/mol. The minimum Gasteiger partial charge on any atom is -0.474 e. The van der Waals surface area contributed by atoms with Gasteiger partial charge in [0, 0.05) is 6.54 Å². The van der Waals surface area contributed by atoms with Crippen LogP contribution in [0.25, 0.3) is 0 Å². The van der Waals surface area contributed by atoms with Crippen LogP contribution in [0.2, 0.25) is 0 Å². The average molecular weight is 302 g/mol. The summed E-state index contributed by atoms with van der Waals surface area (Å²) in [5.41, 5.74) is 0. The van der Waals surface area contributed by atoms with Crippen molar-refractivity contribution in [2.45, 2.75) is 40.2 Å². The first-order chi connectivity index (χ1) is 8.02. The number of nitrogens with zero attached hydrogens (tertiary/aromatic N) is 2. The lowest BCUT2D eigenvalue weighted by Gasteiger charge is -2.17. The SMILES string of the molecule is CCNc1ncc(Br)c(OC(C)CC(C)C)n1. The van der Waals surface area contributed by atoms with Crippen molar-refractivity contribution in [3.8, 4) is 5.88 Å². The maximum Gasteiger partial charge on any atom is 0.233 e. The Morgan fingerprint density at radius 3 is 2.71 bits per heavy atom. The zero-order valence-electron chi connectivity index (χ0n) is 10.8. The van der Waals surface area contributed by atoms with Crippen LogP contribution >= 0.6 is 15.9 Å². The Kier molecular flexibility index (Phi) is 5.68. The molecule has 1 unspecified atom stereocenters. The lowest BCUT2D eigenvalue weighted by Crippen LogP contribution is -2.16. The molecule has 0 aromatic carbocycles. The van der Waals surface area contributed by atoms with Gasteiger partial charge in [0.15, 0.2) is 0 Å². The molecule has 0 aliphatic heterocycles. The molecule has 5 heteroatoms. The van der Waals surface area contributed by atoms with Gasteiger partial charge in [0.1, 0.15) is 0 Å². The van der Waals surface area contributed by atoms with Crippen molar-refractivity contribution in [1.82, 2.24) is 9.97 Å². The maximum absolute atomic E-state index is 5.80. The molecule has 1 rings (SSSR count). The van der Waals surface area contributed by atoms with Crippen LogP contribution in [0.5, 0.6) is 5.88 Å². The second kappa shape index (κ2) is 6.79. The van der Waals surface area contributed by atoms with Crippen LogP contribution in [0, 0.1) is 5.92 Å². The van der Waals surface area contributed by atoms with E-state index in [9.17, 15) is 0 Å². The van der Waals surface area contributed by atoms with Gasteiger partial charge < -0.3 is 10.1 Å². The fourth-order valence-corrected chi connectivity index (χ4v) is 1.86. The molecule has 0 radical (unpaired) electrons. The van der Waals surface area contributed by atoms with Crippen LogP contribution in [-0.2, 0) is 0 Å². The van der Waals surface area contributed by atoms with Crippen molar-refractivity contribution in [3.05, 3.63) is 10.7 Å². The van der Waals surface area contributed by atoms with E-state index in [1.165, 1.54) is 0 Å². The second-order valence-corrected chi connectivity index (χ2v) is 5.29. The van der Waals surface area contributed by atoms with E-state index in [0.717, 1.165) is 17.4 Å². The third-order valence-electron chi connectivity index (χ3n) is 2.16. The highest BCUT2D eigenvalue weighted by Gasteiger charge is 2.11. The summed E-state index contributed by atoms with van der Waals surface area (Å²) in [6.45, 7) is 9.22. The van der Waals surface area contributed by atoms with Crippen molar-refractivity contribution in [1.29, 1.82) is 0 Å². The largest absolute Gasteiger partial charge is 0.474 e. The first-order valence-electron chi connectivity index (χ1n) is 5.96. The summed E-state index contributed by atoms with van der Waals surface area (Å²) in [5.74, 6) is 1.81. The minimum absolute atomic E-state index is 0.149. The minimum atomic E-state index is 0.149. The average Bonchev–Trinajstić information content (AvgIpc) is 2.22. The molecule has 0 amide bonds. The normalized spacial score (nSPS) is 12.6.